The zero-order chi connectivity index (χ0) is 21.5. The quantitative estimate of drug-likeness (QED) is 0.642. The van der Waals surface area contributed by atoms with E-state index in [2.05, 4.69) is 4.37 Å². The van der Waals surface area contributed by atoms with E-state index < -0.39 is 35.1 Å². The maximum absolute atomic E-state index is 13.0. The summed E-state index contributed by atoms with van der Waals surface area (Å²) in [5, 5.41) is 28.2. The Morgan fingerprint density at radius 1 is 1.21 bits per heavy atom. The van der Waals surface area contributed by atoms with Gasteiger partial charge < -0.3 is 5.11 Å². The third kappa shape index (κ3) is 3.40. The number of fused-ring (bicyclic) bond motifs is 1. The van der Waals surface area contributed by atoms with Gasteiger partial charge in [0.1, 0.15) is 11.6 Å². The molecule has 0 saturated carbocycles. The molecule has 8 nitrogen and oxygen atoms in total. The fourth-order valence-corrected chi connectivity index (χ4v) is 3.60. The Kier molecular flexibility index (Phi) is 5.00. The minimum Gasteiger partial charge on any atom is -0.376 e. The van der Waals surface area contributed by atoms with E-state index in [1.54, 1.807) is 12.1 Å². The van der Waals surface area contributed by atoms with E-state index in [4.69, 9.17) is 5.26 Å². The molecule has 0 fully saturated rings. The standard InChI is InChI=1S/C17H10F3N5O3S/c1-24-13(17(18,19)20)5-14(27)25(16(24)28)8-2-3-12-9(4-8)15(23-29-12)10(6-21)11(26)7-22/h2-5,10-11,26H,1H3. The molecule has 0 radical (unpaired) electrons. The van der Waals surface area contributed by atoms with Crippen LogP contribution >= 0.6 is 11.5 Å². The molecule has 0 saturated heterocycles. The van der Waals surface area contributed by atoms with E-state index in [1.165, 1.54) is 18.2 Å². The Labute approximate surface area is 164 Å². The molecule has 0 spiro atoms. The summed E-state index contributed by atoms with van der Waals surface area (Å²) in [5.41, 5.74) is -3.74. The van der Waals surface area contributed by atoms with Gasteiger partial charge in [-0.1, -0.05) is 0 Å². The maximum Gasteiger partial charge on any atom is 0.431 e. The van der Waals surface area contributed by atoms with Crippen LogP contribution in [0, 0.1) is 22.7 Å². The highest BCUT2D eigenvalue weighted by atomic mass is 32.1. The number of alkyl halides is 3. The van der Waals surface area contributed by atoms with Crippen LogP contribution in [0.5, 0.6) is 0 Å². The summed E-state index contributed by atoms with van der Waals surface area (Å²) in [6.07, 6.45) is -6.54. The highest BCUT2D eigenvalue weighted by Crippen LogP contribution is 2.31. The molecule has 3 rings (SSSR count). The van der Waals surface area contributed by atoms with E-state index in [1.807, 2.05) is 0 Å². The number of hydrogen-bond donors (Lipinski definition) is 1. The van der Waals surface area contributed by atoms with Crippen LogP contribution in [0.1, 0.15) is 17.3 Å². The summed E-state index contributed by atoms with van der Waals surface area (Å²) in [6.45, 7) is 0. The van der Waals surface area contributed by atoms with Crippen LogP contribution in [0.2, 0.25) is 0 Å². The number of aromatic nitrogens is 3. The Bertz CT molecular complexity index is 1310. The van der Waals surface area contributed by atoms with Gasteiger partial charge in [0.15, 0.2) is 6.10 Å². The first-order valence-corrected chi connectivity index (χ1v) is 8.64. The first kappa shape index (κ1) is 20.3. The van der Waals surface area contributed by atoms with Crippen LogP contribution in [-0.2, 0) is 13.2 Å². The second-order valence-corrected chi connectivity index (χ2v) is 6.78. The van der Waals surface area contributed by atoms with Crippen molar-refractivity contribution in [3.63, 3.8) is 0 Å². The van der Waals surface area contributed by atoms with Crippen molar-refractivity contribution >= 4 is 21.6 Å². The number of aliphatic hydroxyl groups is 1. The van der Waals surface area contributed by atoms with E-state index >= 15 is 0 Å². The summed E-state index contributed by atoms with van der Waals surface area (Å²) in [6, 6.07) is 7.76. The molecule has 148 valence electrons. The molecule has 0 aliphatic rings. The molecule has 0 bridgehead atoms. The van der Waals surface area contributed by atoms with Crippen LogP contribution in [0.4, 0.5) is 13.2 Å². The Hall–Kier alpha value is -3.48. The van der Waals surface area contributed by atoms with Gasteiger partial charge in [-0.15, -0.1) is 0 Å². The number of nitriles is 2. The van der Waals surface area contributed by atoms with Crippen molar-refractivity contribution in [3.8, 4) is 17.8 Å². The normalized spacial score (nSPS) is 13.6. The summed E-state index contributed by atoms with van der Waals surface area (Å²) >= 11 is 0.966. The molecule has 2 heterocycles. The molecule has 1 aromatic carbocycles. The highest BCUT2D eigenvalue weighted by Gasteiger charge is 2.35. The van der Waals surface area contributed by atoms with Gasteiger partial charge in [0.25, 0.3) is 5.56 Å². The summed E-state index contributed by atoms with van der Waals surface area (Å²) in [7, 11) is 0.895. The van der Waals surface area contributed by atoms with Gasteiger partial charge in [-0.3, -0.25) is 9.36 Å². The molecule has 29 heavy (non-hydrogen) atoms. The Balaban J connectivity index is 2.26. The minimum atomic E-state index is -4.88. The molecular weight excluding hydrogens is 411 g/mol. The maximum atomic E-state index is 13.0. The van der Waals surface area contributed by atoms with Crippen LogP contribution in [0.25, 0.3) is 15.8 Å². The molecule has 12 heteroatoms. The SMILES string of the molecule is Cn1c(C(F)(F)F)cc(=O)n(-c2ccc3snc(C(C#N)C(O)C#N)c3c2)c1=O. The van der Waals surface area contributed by atoms with Crippen molar-refractivity contribution in [1.82, 2.24) is 13.5 Å². The summed E-state index contributed by atoms with van der Waals surface area (Å²) < 4.78 is 44.5. The second kappa shape index (κ2) is 7.16. The average Bonchev–Trinajstić information content (AvgIpc) is 3.07. The first-order chi connectivity index (χ1) is 13.6. The molecule has 1 N–H and O–H groups in total. The highest BCUT2D eigenvalue weighted by molar-refractivity contribution is 7.13. The van der Waals surface area contributed by atoms with E-state index in [-0.39, 0.29) is 11.4 Å². The van der Waals surface area contributed by atoms with Crippen LogP contribution in [0.3, 0.4) is 0 Å². The molecule has 0 aliphatic carbocycles. The van der Waals surface area contributed by atoms with Gasteiger partial charge in [0, 0.05) is 18.5 Å². The second-order valence-electron chi connectivity index (χ2n) is 5.97. The number of nitrogens with zero attached hydrogens (tertiary/aromatic N) is 5. The zero-order valence-electron chi connectivity index (χ0n) is 14.5. The zero-order valence-corrected chi connectivity index (χ0v) is 15.3. The van der Waals surface area contributed by atoms with Crippen molar-refractivity contribution in [3.05, 3.63) is 56.5 Å². The predicted octanol–water partition coefficient (Wildman–Crippen LogP) is 1.66. The smallest absolute Gasteiger partial charge is 0.376 e. The molecule has 2 unspecified atom stereocenters. The summed E-state index contributed by atoms with van der Waals surface area (Å²) in [4.78, 5) is 24.7. The lowest BCUT2D eigenvalue weighted by Crippen LogP contribution is -2.40. The Morgan fingerprint density at radius 2 is 1.90 bits per heavy atom. The van der Waals surface area contributed by atoms with Crippen LogP contribution in [0.15, 0.2) is 33.9 Å². The first-order valence-electron chi connectivity index (χ1n) is 7.87. The van der Waals surface area contributed by atoms with Gasteiger partial charge in [0.05, 0.1) is 28.2 Å². The third-order valence-electron chi connectivity index (χ3n) is 4.23. The van der Waals surface area contributed by atoms with Gasteiger partial charge in [-0.2, -0.15) is 28.1 Å². The fraction of sp³-hybridized carbons (Fsp3) is 0.235. The number of aliphatic hydroxyl groups excluding tert-OH is 1. The molecule has 2 atom stereocenters. The molecular formula is C17H10F3N5O3S. The minimum absolute atomic E-state index is 0.0404. The molecule has 0 amide bonds. The van der Waals surface area contributed by atoms with Gasteiger partial charge in [-0.05, 0) is 29.7 Å². The predicted molar refractivity (Wildman–Crippen MR) is 95.4 cm³/mol. The largest absolute Gasteiger partial charge is 0.431 e. The number of benzene rings is 1. The van der Waals surface area contributed by atoms with E-state index in [9.17, 15) is 33.1 Å². The monoisotopic (exact) mass is 421 g/mol. The lowest BCUT2D eigenvalue weighted by atomic mass is 9.98. The van der Waals surface area contributed by atoms with Crippen molar-refractivity contribution in [2.45, 2.75) is 18.2 Å². The van der Waals surface area contributed by atoms with Crippen molar-refractivity contribution in [2.75, 3.05) is 0 Å². The van der Waals surface area contributed by atoms with Crippen LogP contribution in [-0.4, -0.2) is 24.7 Å². The lowest BCUT2D eigenvalue weighted by molar-refractivity contribution is -0.144. The lowest BCUT2D eigenvalue weighted by Gasteiger charge is -2.14. The topological polar surface area (TPSA) is 125 Å². The average molecular weight is 421 g/mol. The van der Waals surface area contributed by atoms with Gasteiger partial charge in [-0.25, -0.2) is 9.36 Å². The van der Waals surface area contributed by atoms with Gasteiger partial charge in [0.2, 0.25) is 0 Å². The van der Waals surface area contributed by atoms with Crippen molar-refractivity contribution < 1.29 is 18.3 Å². The molecule has 0 aliphatic heterocycles. The third-order valence-corrected chi connectivity index (χ3v) is 5.07. The van der Waals surface area contributed by atoms with E-state index in [0.717, 1.165) is 18.6 Å². The fourth-order valence-electron chi connectivity index (χ4n) is 2.80. The number of hydrogen-bond acceptors (Lipinski definition) is 7. The van der Waals surface area contributed by atoms with Crippen molar-refractivity contribution in [2.24, 2.45) is 7.05 Å². The van der Waals surface area contributed by atoms with Crippen molar-refractivity contribution in [1.29, 1.82) is 10.5 Å². The Morgan fingerprint density at radius 3 is 2.48 bits per heavy atom. The molecule has 3 aromatic rings. The molecule has 2 aromatic heterocycles. The number of rotatable bonds is 3. The summed E-state index contributed by atoms with van der Waals surface area (Å²) in [5.74, 6) is -1.28. The van der Waals surface area contributed by atoms with Crippen LogP contribution < -0.4 is 11.2 Å². The van der Waals surface area contributed by atoms with E-state index in [0.29, 0.717) is 25.3 Å². The van der Waals surface area contributed by atoms with Gasteiger partial charge >= 0.3 is 11.9 Å². The number of halogens is 3.